The van der Waals surface area contributed by atoms with Crippen LogP contribution in [0.5, 0.6) is 11.5 Å². The van der Waals surface area contributed by atoms with E-state index in [9.17, 15) is 0 Å². The van der Waals surface area contributed by atoms with Gasteiger partial charge >= 0.3 is 0 Å². The lowest BCUT2D eigenvalue weighted by atomic mass is 9.99. The molecule has 0 atom stereocenters. The minimum atomic E-state index is 0.424. The second-order valence-electron chi connectivity index (χ2n) is 6.77. The van der Waals surface area contributed by atoms with Crippen LogP contribution >= 0.6 is 23.2 Å². The number of fused-ring (bicyclic) bond motifs is 1. The van der Waals surface area contributed by atoms with Crippen molar-refractivity contribution in [2.24, 2.45) is 5.92 Å². The largest absolute Gasteiger partial charge is 0.454 e. The van der Waals surface area contributed by atoms with E-state index in [1.807, 2.05) is 6.07 Å². The van der Waals surface area contributed by atoms with Gasteiger partial charge in [0.1, 0.15) is 5.75 Å². The van der Waals surface area contributed by atoms with Crippen molar-refractivity contribution in [3.63, 3.8) is 0 Å². The third kappa shape index (κ3) is 3.49. The molecule has 0 aromatic heterocycles. The van der Waals surface area contributed by atoms with Crippen LogP contribution < -0.4 is 10.5 Å². The molecule has 2 aromatic carbocycles. The SMILES string of the molecule is Nc1cc(Cl)c(Oc2ccc3c(c2)CCN(CC2CC2)C3)c(Cl)c1. The van der Waals surface area contributed by atoms with Gasteiger partial charge in [-0.1, -0.05) is 29.3 Å². The van der Waals surface area contributed by atoms with Crippen molar-refractivity contribution in [3.05, 3.63) is 51.5 Å². The van der Waals surface area contributed by atoms with Crippen molar-refractivity contribution in [1.29, 1.82) is 0 Å². The van der Waals surface area contributed by atoms with Gasteiger partial charge in [-0.05, 0) is 60.6 Å². The van der Waals surface area contributed by atoms with Gasteiger partial charge in [-0.2, -0.15) is 0 Å². The number of nitrogens with zero attached hydrogens (tertiary/aromatic N) is 1. The summed E-state index contributed by atoms with van der Waals surface area (Å²) in [7, 11) is 0. The lowest BCUT2D eigenvalue weighted by Gasteiger charge is -2.29. The average Bonchev–Trinajstić information content (AvgIpc) is 3.35. The molecule has 2 aromatic rings. The summed E-state index contributed by atoms with van der Waals surface area (Å²) in [6.07, 6.45) is 3.86. The second kappa shape index (κ2) is 6.47. The highest BCUT2D eigenvalue weighted by molar-refractivity contribution is 6.37. The molecular formula is C19H20Cl2N2O. The summed E-state index contributed by atoms with van der Waals surface area (Å²) in [5, 5.41) is 0.849. The van der Waals surface area contributed by atoms with Crippen LogP contribution in [-0.4, -0.2) is 18.0 Å². The molecule has 0 spiro atoms. The van der Waals surface area contributed by atoms with Gasteiger partial charge in [0.15, 0.2) is 5.75 Å². The Balaban J connectivity index is 1.52. The normalized spacial score (nSPS) is 17.6. The van der Waals surface area contributed by atoms with Crippen molar-refractivity contribution in [2.45, 2.75) is 25.8 Å². The molecule has 2 aliphatic rings. The van der Waals surface area contributed by atoms with E-state index in [0.29, 0.717) is 21.5 Å². The predicted octanol–water partition coefficient (Wildman–Crippen LogP) is 5.14. The fourth-order valence-corrected chi connectivity index (χ4v) is 3.85. The number of halogens is 2. The number of anilines is 1. The Morgan fingerprint density at radius 3 is 2.54 bits per heavy atom. The molecule has 0 saturated heterocycles. The van der Waals surface area contributed by atoms with E-state index in [1.54, 1.807) is 12.1 Å². The zero-order chi connectivity index (χ0) is 16.7. The number of rotatable bonds is 4. The Morgan fingerprint density at radius 1 is 1.08 bits per heavy atom. The molecule has 4 rings (SSSR count). The molecule has 126 valence electrons. The monoisotopic (exact) mass is 362 g/mol. The van der Waals surface area contributed by atoms with Crippen LogP contribution in [0.4, 0.5) is 5.69 Å². The number of benzene rings is 2. The highest BCUT2D eigenvalue weighted by Gasteiger charge is 2.26. The smallest absolute Gasteiger partial charge is 0.164 e. The summed E-state index contributed by atoms with van der Waals surface area (Å²) in [6, 6.07) is 9.55. The van der Waals surface area contributed by atoms with Crippen LogP contribution in [0.25, 0.3) is 0 Å². The Bertz CT molecular complexity index is 751. The van der Waals surface area contributed by atoms with Crippen molar-refractivity contribution < 1.29 is 4.74 Å². The Hall–Kier alpha value is -1.42. The predicted molar refractivity (Wildman–Crippen MR) is 99.1 cm³/mol. The Morgan fingerprint density at radius 2 is 1.83 bits per heavy atom. The first kappa shape index (κ1) is 16.1. The maximum absolute atomic E-state index is 6.21. The molecule has 1 heterocycles. The fourth-order valence-electron chi connectivity index (χ4n) is 3.27. The van der Waals surface area contributed by atoms with Gasteiger partial charge in [0.05, 0.1) is 10.0 Å². The molecular weight excluding hydrogens is 343 g/mol. The standard InChI is InChI=1S/C19H20Cl2N2O/c20-17-8-15(22)9-18(21)19(17)24-16-4-3-14-11-23(10-12-1-2-12)6-5-13(14)7-16/h3-4,7-9,12H,1-2,5-6,10-11,22H2. The van der Waals surface area contributed by atoms with Crippen LogP contribution in [0, 0.1) is 5.92 Å². The summed E-state index contributed by atoms with van der Waals surface area (Å²) in [5.41, 5.74) is 9.00. The highest BCUT2D eigenvalue weighted by Crippen LogP contribution is 2.39. The molecule has 2 N–H and O–H groups in total. The number of ether oxygens (including phenoxy) is 1. The molecule has 0 bridgehead atoms. The summed E-state index contributed by atoms with van der Waals surface area (Å²) >= 11 is 12.4. The third-order valence-corrected chi connectivity index (χ3v) is 5.28. The van der Waals surface area contributed by atoms with Crippen LogP contribution in [0.2, 0.25) is 10.0 Å². The van der Waals surface area contributed by atoms with Gasteiger partial charge in [0.25, 0.3) is 0 Å². The summed E-state index contributed by atoms with van der Waals surface area (Å²) in [5.74, 6) is 2.15. The first-order valence-corrected chi connectivity index (χ1v) is 9.10. The van der Waals surface area contributed by atoms with Crippen molar-refractivity contribution in [3.8, 4) is 11.5 Å². The van der Waals surface area contributed by atoms with E-state index < -0.39 is 0 Å². The minimum Gasteiger partial charge on any atom is -0.454 e. The number of hydrogen-bond acceptors (Lipinski definition) is 3. The molecule has 3 nitrogen and oxygen atoms in total. The first-order valence-electron chi connectivity index (χ1n) is 8.35. The number of nitrogen functional groups attached to an aromatic ring is 1. The number of nitrogens with two attached hydrogens (primary N) is 1. The maximum atomic E-state index is 6.21. The minimum absolute atomic E-state index is 0.424. The maximum Gasteiger partial charge on any atom is 0.164 e. The molecule has 5 heteroatoms. The van der Waals surface area contributed by atoms with Gasteiger partial charge in [-0.15, -0.1) is 0 Å². The van der Waals surface area contributed by atoms with Crippen molar-refractivity contribution >= 4 is 28.9 Å². The van der Waals surface area contributed by atoms with E-state index in [1.165, 1.54) is 30.5 Å². The van der Waals surface area contributed by atoms with E-state index >= 15 is 0 Å². The third-order valence-electron chi connectivity index (χ3n) is 4.72. The van der Waals surface area contributed by atoms with Gasteiger partial charge in [-0.3, -0.25) is 4.90 Å². The molecule has 1 aliphatic carbocycles. The fraction of sp³-hybridized carbons (Fsp3) is 0.368. The number of hydrogen-bond donors (Lipinski definition) is 1. The molecule has 0 amide bonds. The lowest BCUT2D eigenvalue weighted by molar-refractivity contribution is 0.243. The topological polar surface area (TPSA) is 38.5 Å². The second-order valence-corrected chi connectivity index (χ2v) is 7.59. The average molecular weight is 363 g/mol. The molecule has 24 heavy (non-hydrogen) atoms. The first-order chi connectivity index (χ1) is 11.6. The van der Waals surface area contributed by atoms with Crippen LogP contribution in [-0.2, 0) is 13.0 Å². The van der Waals surface area contributed by atoms with Gasteiger partial charge < -0.3 is 10.5 Å². The van der Waals surface area contributed by atoms with Crippen LogP contribution in [0.3, 0.4) is 0 Å². The molecule has 1 fully saturated rings. The summed E-state index contributed by atoms with van der Waals surface area (Å²) < 4.78 is 5.93. The molecule has 0 unspecified atom stereocenters. The van der Waals surface area contributed by atoms with Crippen molar-refractivity contribution in [2.75, 3.05) is 18.8 Å². The van der Waals surface area contributed by atoms with E-state index in [2.05, 4.69) is 17.0 Å². The Kier molecular flexibility index (Phi) is 4.33. The van der Waals surface area contributed by atoms with Gasteiger partial charge in [0.2, 0.25) is 0 Å². The van der Waals surface area contributed by atoms with E-state index in [0.717, 1.165) is 31.2 Å². The lowest BCUT2D eigenvalue weighted by Crippen LogP contribution is -2.32. The summed E-state index contributed by atoms with van der Waals surface area (Å²) in [6.45, 7) is 3.40. The summed E-state index contributed by atoms with van der Waals surface area (Å²) in [4.78, 5) is 2.56. The highest BCUT2D eigenvalue weighted by atomic mass is 35.5. The zero-order valence-electron chi connectivity index (χ0n) is 13.4. The van der Waals surface area contributed by atoms with E-state index in [4.69, 9.17) is 33.7 Å². The van der Waals surface area contributed by atoms with Gasteiger partial charge in [-0.25, -0.2) is 0 Å². The van der Waals surface area contributed by atoms with E-state index in [-0.39, 0.29) is 0 Å². The molecule has 1 aliphatic heterocycles. The molecule has 0 radical (unpaired) electrons. The van der Waals surface area contributed by atoms with Crippen molar-refractivity contribution in [1.82, 2.24) is 4.90 Å². The zero-order valence-corrected chi connectivity index (χ0v) is 14.9. The molecule has 1 saturated carbocycles. The Labute approximate surface area is 152 Å². The van der Waals surface area contributed by atoms with Gasteiger partial charge in [0, 0.05) is 25.3 Å². The van der Waals surface area contributed by atoms with Crippen LogP contribution in [0.1, 0.15) is 24.0 Å². The quantitative estimate of drug-likeness (QED) is 0.765. The van der Waals surface area contributed by atoms with Crippen LogP contribution in [0.15, 0.2) is 30.3 Å².